The van der Waals surface area contributed by atoms with E-state index >= 15 is 0 Å². The van der Waals surface area contributed by atoms with E-state index in [-0.39, 0.29) is 11.3 Å². The average Bonchev–Trinajstić information content (AvgIpc) is 3.00. The summed E-state index contributed by atoms with van der Waals surface area (Å²) in [5.74, 6) is 0.140. The molecule has 0 N–H and O–H groups in total. The molecule has 6 nitrogen and oxygen atoms in total. The molecule has 0 fully saturated rings. The molecule has 0 amide bonds. The van der Waals surface area contributed by atoms with Gasteiger partial charge in [0.1, 0.15) is 10.6 Å². The third-order valence-electron chi connectivity index (χ3n) is 3.32. The molecule has 2 aromatic heterocycles. The highest BCUT2D eigenvalue weighted by atomic mass is 32.2. The summed E-state index contributed by atoms with van der Waals surface area (Å²) in [7, 11) is 0.325. The second-order valence-electron chi connectivity index (χ2n) is 5.63. The summed E-state index contributed by atoms with van der Waals surface area (Å²) in [6.07, 6.45) is 3.92. The maximum atomic E-state index is 12.5. The number of oxime groups is 1. The molecule has 0 aliphatic carbocycles. The van der Waals surface area contributed by atoms with Crippen molar-refractivity contribution in [3.8, 4) is 0 Å². The number of pyridine rings is 1. The highest BCUT2D eigenvalue weighted by Gasteiger charge is 2.32. The van der Waals surface area contributed by atoms with E-state index in [0.29, 0.717) is 17.0 Å². The Morgan fingerprint density at radius 1 is 1.52 bits per heavy atom. The van der Waals surface area contributed by atoms with Gasteiger partial charge in [-0.1, -0.05) is 5.16 Å². The van der Waals surface area contributed by atoms with Crippen LogP contribution in [0.3, 0.4) is 0 Å². The third-order valence-corrected chi connectivity index (χ3v) is 5.35. The highest BCUT2D eigenvalue weighted by Crippen LogP contribution is 2.26. The summed E-state index contributed by atoms with van der Waals surface area (Å²) in [6.45, 7) is 3.78. The minimum Gasteiger partial charge on any atom is -0.389 e. The standard InChI is InChI=1S/C13H15N3O3S2/c1-13(2)4-11(15-19-13)21(18)7-9-8-5-14-20-10(8)6-16(3)12(9)17/h5-6H,4,7H2,1-3H3. The maximum Gasteiger partial charge on any atom is 0.255 e. The van der Waals surface area contributed by atoms with Crippen LogP contribution < -0.4 is 5.56 Å². The van der Waals surface area contributed by atoms with Gasteiger partial charge >= 0.3 is 0 Å². The number of nitrogens with zero attached hydrogens (tertiary/aromatic N) is 3. The van der Waals surface area contributed by atoms with Crippen LogP contribution in [0.15, 0.2) is 22.3 Å². The van der Waals surface area contributed by atoms with Gasteiger partial charge < -0.3 is 9.40 Å². The maximum absolute atomic E-state index is 12.5. The molecular formula is C13H15N3O3S2. The highest BCUT2D eigenvalue weighted by molar-refractivity contribution is 7.99. The Labute approximate surface area is 128 Å². The first-order valence-corrected chi connectivity index (χ1v) is 8.53. The van der Waals surface area contributed by atoms with E-state index in [0.717, 1.165) is 10.1 Å². The van der Waals surface area contributed by atoms with Crippen LogP contribution in [-0.4, -0.2) is 23.8 Å². The SMILES string of the molecule is Cn1cc2sncc2c(CS(=O)C2=NOC(C)(C)C2)c1=O. The van der Waals surface area contributed by atoms with Gasteiger partial charge in [-0.05, 0) is 25.4 Å². The lowest BCUT2D eigenvalue weighted by Crippen LogP contribution is -2.24. The molecule has 0 spiro atoms. The predicted molar refractivity (Wildman–Crippen MR) is 83.9 cm³/mol. The first kappa shape index (κ1) is 14.4. The molecule has 21 heavy (non-hydrogen) atoms. The van der Waals surface area contributed by atoms with Gasteiger partial charge in [-0.3, -0.25) is 9.00 Å². The van der Waals surface area contributed by atoms with Gasteiger partial charge in [-0.15, -0.1) is 0 Å². The molecule has 1 atom stereocenters. The van der Waals surface area contributed by atoms with Gasteiger partial charge in [0, 0.05) is 36.8 Å². The Hall–Kier alpha value is -1.54. The summed E-state index contributed by atoms with van der Waals surface area (Å²) in [4.78, 5) is 17.5. The van der Waals surface area contributed by atoms with Gasteiger partial charge in [-0.2, -0.15) is 4.37 Å². The smallest absolute Gasteiger partial charge is 0.255 e. The number of fused-ring (bicyclic) bond motifs is 1. The number of rotatable bonds is 2. The lowest BCUT2D eigenvalue weighted by molar-refractivity contribution is 0.0123. The van der Waals surface area contributed by atoms with Crippen LogP contribution in [0.25, 0.3) is 10.1 Å². The second kappa shape index (κ2) is 5.03. The minimum atomic E-state index is -1.36. The van der Waals surface area contributed by atoms with Crippen molar-refractivity contribution < 1.29 is 9.05 Å². The largest absolute Gasteiger partial charge is 0.389 e. The van der Waals surface area contributed by atoms with Gasteiger partial charge in [0.05, 0.1) is 21.3 Å². The van der Waals surface area contributed by atoms with E-state index in [2.05, 4.69) is 9.53 Å². The van der Waals surface area contributed by atoms with Crippen molar-refractivity contribution in [1.29, 1.82) is 0 Å². The summed E-state index contributed by atoms with van der Waals surface area (Å²) < 4.78 is 19.0. The zero-order chi connectivity index (χ0) is 15.2. The summed E-state index contributed by atoms with van der Waals surface area (Å²) in [5, 5.41) is 5.17. The van der Waals surface area contributed by atoms with Crippen molar-refractivity contribution in [3.05, 3.63) is 28.3 Å². The van der Waals surface area contributed by atoms with Crippen LogP contribution in [0, 0.1) is 0 Å². The van der Waals surface area contributed by atoms with Gasteiger partial charge in [0.25, 0.3) is 5.56 Å². The fraction of sp³-hybridized carbons (Fsp3) is 0.462. The second-order valence-corrected chi connectivity index (χ2v) is 7.91. The van der Waals surface area contributed by atoms with E-state index in [1.165, 1.54) is 16.1 Å². The lowest BCUT2D eigenvalue weighted by atomic mass is 10.1. The molecule has 0 saturated carbocycles. The van der Waals surface area contributed by atoms with Crippen LogP contribution in [0.1, 0.15) is 25.8 Å². The first-order chi connectivity index (χ1) is 9.87. The molecular weight excluding hydrogens is 310 g/mol. The Bertz CT molecular complexity index is 820. The Morgan fingerprint density at radius 2 is 2.29 bits per heavy atom. The number of aryl methyl sites for hydroxylation is 1. The van der Waals surface area contributed by atoms with Crippen LogP contribution in [0.5, 0.6) is 0 Å². The van der Waals surface area contributed by atoms with Gasteiger partial charge in [0.15, 0.2) is 0 Å². The van der Waals surface area contributed by atoms with Crippen molar-refractivity contribution in [2.75, 3.05) is 0 Å². The predicted octanol–water partition coefficient (Wildman–Crippen LogP) is 1.76. The molecule has 1 aliphatic heterocycles. The number of hydrogen-bond acceptors (Lipinski definition) is 6. The molecule has 0 aromatic carbocycles. The van der Waals surface area contributed by atoms with Crippen molar-refractivity contribution in [3.63, 3.8) is 0 Å². The van der Waals surface area contributed by atoms with E-state index in [1.807, 2.05) is 13.8 Å². The number of hydrogen-bond donors (Lipinski definition) is 0. The molecule has 1 aliphatic rings. The van der Waals surface area contributed by atoms with E-state index in [9.17, 15) is 9.00 Å². The zero-order valence-corrected chi connectivity index (χ0v) is 13.6. The molecule has 1 unspecified atom stereocenters. The monoisotopic (exact) mass is 325 g/mol. The topological polar surface area (TPSA) is 73.6 Å². The lowest BCUT2D eigenvalue weighted by Gasteiger charge is -2.13. The average molecular weight is 325 g/mol. The fourth-order valence-corrected chi connectivity index (χ4v) is 4.30. The van der Waals surface area contributed by atoms with Crippen LogP contribution in [-0.2, 0) is 28.4 Å². The Morgan fingerprint density at radius 3 is 2.95 bits per heavy atom. The molecule has 3 heterocycles. The minimum absolute atomic E-state index is 0.140. The van der Waals surface area contributed by atoms with Crippen molar-refractivity contribution in [2.45, 2.75) is 31.6 Å². The third kappa shape index (κ3) is 2.65. The van der Waals surface area contributed by atoms with Crippen LogP contribution >= 0.6 is 11.5 Å². The van der Waals surface area contributed by atoms with Crippen molar-refractivity contribution in [2.24, 2.45) is 12.2 Å². The zero-order valence-electron chi connectivity index (χ0n) is 12.0. The first-order valence-electron chi connectivity index (χ1n) is 6.44. The normalized spacial score (nSPS) is 18.5. The summed E-state index contributed by atoms with van der Waals surface area (Å²) >= 11 is 1.32. The Balaban J connectivity index is 1.96. The molecule has 0 bridgehead atoms. The number of aromatic nitrogens is 2. The van der Waals surface area contributed by atoms with Gasteiger partial charge in [-0.25, -0.2) is 0 Å². The van der Waals surface area contributed by atoms with Crippen molar-refractivity contribution in [1.82, 2.24) is 8.94 Å². The summed E-state index contributed by atoms with van der Waals surface area (Å²) in [5.41, 5.74) is -0.0457. The summed E-state index contributed by atoms with van der Waals surface area (Å²) in [6, 6.07) is 0. The molecule has 112 valence electrons. The van der Waals surface area contributed by atoms with Gasteiger partial charge in [0.2, 0.25) is 0 Å². The van der Waals surface area contributed by atoms with E-state index in [4.69, 9.17) is 4.84 Å². The Kier molecular flexibility index (Phi) is 3.45. The molecule has 3 rings (SSSR count). The van der Waals surface area contributed by atoms with E-state index in [1.54, 1.807) is 19.4 Å². The fourth-order valence-electron chi connectivity index (χ4n) is 2.21. The quantitative estimate of drug-likeness (QED) is 0.843. The molecule has 0 saturated heterocycles. The van der Waals surface area contributed by atoms with Crippen LogP contribution in [0.4, 0.5) is 0 Å². The molecule has 2 aromatic rings. The van der Waals surface area contributed by atoms with Crippen molar-refractivity contribution >= 4 is 37.5 Å². The molecule has 0 radical (unpaired) electrons. The molecule has 8 heteroatoms. The van der Waals surface area contributed by atoms with E-state index < -0.39 is 16.4 Å². The van der Waals surface area contributed by atoms with Crippen LogP contribution in [0.2, 0.25) is 0 Å².